The number of aryl methyl sites for hydroxylation is 1. The summed E-state index contributed by atoms with van der Waals surface area (Å²) in [4.78, 5) is 29.6. The molecule has 0 saturated carbocycles. The van der Waals surface area contributed by atoms with Gasteiger partial charge in [0.15, 0.2) is 0 Å². The molecule has 0 radical (unpaired) electrons. The zero-order valence-corrected chi connectivity index (χ0v) is 17.7. The lowest BCUT2D eigenvalue weighted by Gasteiger charge is -2.33. The SMILES string of the molecule is Cc1ccccc1C(=O)NC1CCN(C(=O)CN2CC[C@H](c3ccccc3)C2)CC1. The molecule has 5 nitrogen and oxygen atoms in total. The molecule has 0 aliphatic carbocycles. The molecule has 4 rings (SSSR count). The molecule has 158 valence electrons. The van der Waals surface area contributed by atoms with Crippen molar-refractivity contribution in [2.75, 3.05) is 32.7 Å². The van der Waals surface area contributed by atoms with E-state index in [0.717, 1.165) is 43.5 Å². The molecule has 2 aliphatic rings. The molecule has 2 aromatic carbocycles. The third kappa shape index (κ3) is 4.90. The van der Waals surface area contributed by atoms with Gasteiger partial charge in [-0.1, -0.05) is 48.5 Å². The van der Waals surface area contributed by atoms with Crippen molar-refractivity contribution in [1.82, 2.24) is 15.1 Å². The molecule has 2 heterocycles. The Kier molecular flexibility index (Phi) is 6.48. The average molecular weight is 406 g/mol. The van der Waals surface area contributed by atoms with Gasteiger partial charge >= 0.3 is 0 Å². The van der Waals surface area contributed by atoms with E-state index in [1.54, 1.807) is 0 Å². The van der Waals surface area contributed by atoms with E-state index >= 15 is 0 Å². The lowest BCUT2D eigenvalue weighted by Crippen LogP contribution is -2.48. The molecule has 2 fully saturated rings. The minimum atomic E-state index is -0.0121. The molecule has 5 heteroatoms. The van der Waals surface area contributed by atoms with Crippen LogP contribution >= 0.6 is 0 Å². The summed E-state index contributed by atoms with van der Waals surface area (Å²) < 4.78 is 0. The molecule has 0 unspecified atom stereocenters. The first kappa shape index (κ1) is 20.6. The summed E-state index contributed by atoms with van der Waals surface area (Å²) in [5.41, 5.74) is 3.10. The van der Waals surface area contributed by atoms with Crippen LogP contribution in [0.15, 0.2) is 54.6 Å². The van der Waals surface area contributed by atoms with Gasteiger partial charge in [-0.15, -0.1) is 0 Å². The van der Waals surface area contributed by atoms with Crippen molar-refractivity contribution in [1.29, 1.82) is 0 Å². The zero-order valence-electron chi connectivity index (χ0n) is 17.7. The summed E-state index contributed by atoms with van der Waals surface area (Å²) in [6.45, 7) is 5.83. The second-order valence-corrected chi connectivity index (χ2v) is 8.57. The van der Waals surface area contributed by atoms with E-state index in [4.69, 9.17) is 0 Å². The summed E-state index contributed by atoms with van der Waals surface area (Å²) in [6.07, 6.45) is 2.75. The third-order valence-electron chi connectivity index (χ3n) is 6.47. The first-order chi connectivity index (χ1) is 14.6. The maximum Gasteiger partial charge on any atom is 0.251 e. The molecule has 1 N–H and O–H groups in total. The summed E-state index contributed by atoms with van der Waals surface area (Å²) in [5.74, 6) is 0.732. The van der Waals surface area contributed by atoms with Crippen LogP contribution < -0.4 is 5.32 Å². The molecule has 0 spiro atoms. The fourth-order valence-corrected chi connectivity index (χ4v) is 4.63. The molecule has 2 saturated heterocycles. The first-order valence-electron chi connectivity index (χ1n) is 11.0. The van der Waals surface area contributed by atoms with E-state index in [1.165, 1.54) is 5.56 Å². The monoisotopic (exact) mass is 405 g/mol. The highest BCUT2D eigenvalue weighted by molar-refractivity contribution is 5.95. The van der Waals surface area contributed by atoms with Crippen molar-refractivity contribution in [2.45, 2.75) is 38.1 Å². The summed E-state index contributed by atoms with van der Waals surface area (Å²) in [7, 11) is 0. The van der Waals surface area contributed by atoms with Crippen LogP contribution in [0.3, 0.4) is 0 Å². The number of likely N-dealkylation sites (tertiary alicyclic amines) is 2. The lowest BCUT2D eigenvalue weighted by atomic mass is 9.99. The molecule has 2 aliphatic heterocycles. The van der Waals surface area contributed by atoms with Gasteiger partial charge in [-0.3, -0.25) is 14.5 Å². The zero-order chi connectivity index (χ0) is 20.9. The van der Waals surface area contributed by atoms with Gasteiger partial charge in [0.2, 0.25) is 5.91 Å². The molecule has 0 aromatic heterocycles. The highest BCUT2D eigenvalue weighted by Gasteiger charge is 2.29. The Labute approximate surface area is 179 Å². The number of amides is 2. The third-order valence-corrected chi connectivity index (χ3v) is 6.47. The van der Waals surface area contributed by atoms with Crippen LogP contribution in [0, 0.1) is 6.92 Å². The fourth-order valence-electron chi connectivity index (χ4n) is 4.63. The van der Waals surface area contributed by atoms with Crippen molar-refractivity contribution < 1.29 is 9.59 Å². The Hall–Kier alpha value is -2.66. The highest BCUT2D eigenvalue weighted by Crippen LogP contribution is 2.27. The molecular formula is C25H31N3O2. The highest BCUT2D eigenvalue weighted by atomic mass is 16.2. The van der Waals surface area contributed by atoms with Gasteiger partial charge in [-0.2, -0.15) is 0 Å². The van der Waals surface area contributed by atoms with E-state index in [-0.39, 0.29) is 17.9 Å². The standard InChI is InChI=1S/C25H31N3O2/c1-19-7-5-6-10-23(19)25(30)26-22-12-15-28(16-13-22)24(29)18-27-14-11-21(17-27)20-8-3-2-4-9-20/h2-10,21-22H,11-18H2,1H3,(H,26,30)/t21-/m0/s1. The minimum absolute atomic E-state index is 0.0121. The van der Waals surface area contributed by atoms with Crippen molar-refractivity contribution >= 4 is 11.8 Å². The predicted octanol–water partition coefficient (Wildman–Crippen LogP) is 3.21. The number of nitrogens with one attached hydrogen (secondary N) is 1. The van der Waals surface area contributed by atoms with E-state index in [1.807, 2.05) is 42.2 Å². The lowest BCUT2D eigenvalue weighted by molar-refractivity contribution is -0.133. The Morgan fingerprint density at radius 2 is 1.63 bits per heavy atom. The average Bonchev–Trinajstić information content (AvgIpc) is 3.23. The first-order valence-corrected chi connectivity index (χ1v) is 11.0. The van der Waals surface area contributed by atoms with E-state index in [0.29, 0.717) is 25.6 Å². The summed E-state index contributed by atoms with van der Waals surface area (Å²) in [5, 5.41) is 3.15. The van der Waals surface area contributed by atoms with Crippen LogP contribution in [0.25, 0.3) is 0 Å². The molecule has 0 bridgehead atoms. The number of carbonyl (C=O) groups is 2. The van der Waals surface area contributed by atoms with Crippen LogP contribution in [0.2, 0.25) is 0 Å². The second kappa shape index (κ2) is 9.43. The maximum atomic E-state index is 12.8. The van der Waals surface area contributed by atoms with Gasteiger partial charge < -0.3 is 10.2 Å². The van der Waals surface area contributed by atoms with Gasteiger partial charge in [0.05, 0.1) is 6.54 Å². The van der Waals surface area contributed by atoms with Gasteiger partial charge in [0.25, 0.3) is 5.91 Å². The van der Waals surface area contributed by atoms with Crippen molar-refractivity contribution in [3.63, 3.8) is 0 Å². The molecular weight excluding hydrogens is 374 g/mol. The van der Waals surface area contributed by atoms with E-state index in [9.17, 15) is 9.59 Å². The fraction of sp³-hybridized carbons (Fsp3) is 0.440. The normalized spacial score (nSPS) is 20.3. The molecule has 2 amide bonds. The van der Waals surface area contributed by atoms with Crippen LogP contribution in [0.1, 0.15) is 46.7 Å². The van der Waals surface area contributed by atoms with Crippen molar-refractivity contribution in [3.05, 3.63) is 71.3 Å². The van der Waals surface area contributed by atoms with Gasteiger partial charge in [-0.25, -0.2) is 0 Å². The van der Waals surface area contributed by atoms with Gasteiger partial charge in [0.1, 0.15) is 0 Å². The van der Waals surface area contributed by atoms with Crippen molar-refractivity contribution in [2.24, 2.45) is 0 Å². The molecule has 30 heavy (non-hydrogen) atoms. The topological polar surface area (TPSA) is 52.7 Å². The Morgan fingerprint density at radius 1 is 0.933 bits per heavy atom. The van der Waals surface area contributed by atoms with Crippen molar-refractivity contribution in [3.8, 4) is 0 Å². The predicted molar refractivity (Wildman–Crippen MR) is 118 cm³/mol. The number of hydrogen-bond acceptors (Lipinski definition) is 3. The van der Waals surface area contributed by atoms with E-state index in [2.05, 4.69) is 34.5 Å². The number of rotatable bonds is 5. The number of carbonyl (C=O) groups excluding carboxylic acids is 2. The van der Waals surface area contributed by atoms with E-state index < -0.39 is 0 Å². The van der Waals surface area contributed by atoms with Crippen LogP contribution in [0.5, 0.6) is 0 Å². The smallest absolute Gasteiger partial charge is 0.251 e. The number of piperidine rings is 1. The largest absolute Gasteiger partial charge is 0.349 e. The number of hydrogen-bond donors (Lipinski definition) is 1. The molecule has 2 aromatic rings. The summed E-state index contributed by atoms with van der Waals surface area (Å²) in [6, 6.07) is 18.4. The van der Waals surface area contributed by atoms with Crippen LogP contribution in [-0.4, -0.2) is 60.4 Å². The van der Waals surface area contributed by atoms with Crippen LogP contribution in [0.4, 0.5) is 0 Å². The Balaban J connectivity index is 1.22. The van der Waals surface area contributed by atoms with Gasteiger partial charge in [0, 0.05) is 31.2 Å². The van der Waals surface area contributed by atoms with Gasteiger partial charge in [-0.05, 0) is 55.8 Å². The number of nitrogens with zero attached hydrogens (tertiary/aromatic N) is 2. The molecule has 1 atom stereocenters. The quantitative estimate of drug-likeness (QED) is 0.831. The van der Waals surface area contributed by atoms with Crippen LogP contribution in [-0.2, 0) is 4.79 Å². The Bertz CT molecular complexity index is 875. The maximum absolute atomic E-state index is 12.8. The number of benzene rings is 2. The summed E-state index contributed by atoms with van der Waals surface area (Å²) >= 11 is 0. The second-order valence-electron chi connectivity index (χ2n) is 8.57. The minimum Gasteiger partial charge on any atom is -0.349 e. The Morgan fingerprint density at radius 3 is 2.37 bits per heavy atom.